The Bertz CT molecular complexity index is 1270. The van der Waals surface area contributed by atoms with E-state index >= 15 is 0 Å². The molecular weight excluding hydrogens is 480 g/mol. The Balaban J connectivity index is 1.46. The number of para-hydroxylation sites is 3. The minimum atomic E-state index is -0.669. The van der Waals surface area contributed by atoms with Gasteiger partial charge in [0.2, 0.25) is 0 Å². The molecule has 4 aromatic rings. The first-order valence-electron chi connectivity index (χ1n) is 11.5. The zero-order valence-corrected chi connectivity index (χ0v) is 20.8. The summed E-state index contributed by atoms with van der Waals surface area (Å²) in [6, 6.07) is 17.6. The summed E-state index contributed by atoms with van der Waals surface area (Å²) in [6.07, 6.45) is 2.35. The number of rotatable bonds is 11. The van der Waals surface area contributed by atoms with Crippen LogP contribution in [0.1, 0.15) is 34.6 Å². The van der Waals surface area contributed by atoms with Crippen molar-refractivity contribution < 1.29 is 28.2 Å². The van der Waals surface area contributed by atoms with Crippen molar-refractivity contribution in [1.82, 2.24) is 9.97 Å². The van der Waals surface area contributed by atoms with Crippen molar-refractivity contribution in [3.05, 3.63) is 84.2 Å². The van der Waals surface area contributed by atoms with Crippen molar-refractivity contribution in [3.63, 3.8) is 0 Å². The van der Waals surface area contributed by atoms with Crippen LogP contribution in [0.25, 0.3) is 11.1 Å². The number of hydrogen-bond acceptors (Lipinski definition) is 9. The summed E-state index contributed by atoms with van der Waals surface area (Å²) < 4.78 is 22.8. The lowest BCUT2D eigenvalue weighted by Gasteiger charge is -2.19. The summed E-state index contributed by atoms with van der Waals surface area (Å²) in [5.41, 5.74) is 2.05. The third-order valence-corrected chi connectivity index (χ3v) is 5.88. The molecule has 2 heterocycles. The highest BCUT2D eigenvalue weighted by molar-refractivity contribution is 7.99. The van der Waals surface area contributed by atoms with Gasteiger partial charge in [-0.25, -0.2) is 14.6 Å². The van der Waals surface area contributed by atoms with Crippen LogP contribution in [-0.4, -0.2) is 47.0 Å². The third-order valence-electron chi connectivity index (χ3n) is 4.92. The van der Waals surface area contributed by atoms with Gasteiger partial charge in [-0.2, -0.15) is 0 Å². The number of benzene rings is 2. The molecule has 186 valence electrons. The average Bonchev–Trinajstić information content (AvgIpc) is 3.32. The molecular formula is C27H26N2O6S. The quantitative estimate of drug-likeness (QED) is 0.195. The number of pyridine rings is 1. The molecule has 0 aliphatic rings. The van der Waals surface area contributed by atoms with Gasteiger partial charge in [0.05, 0.1) is 12.2 Å². The van der Waals surface area contributed by atoms with Crippen LogP contribution in [0.15, 0.2) is 82.7 Å². The number of aromatic nitrogens is 2. The van der Waals surface area contributed by atoms with Gasteiger partial charge in [0.15, 0.2) is 5.58 Å². The highest BCUT2D eigenvalue weighted by atomic mass is 32.2. The van der Waals surface area contributed by atoms with E-state index in [4.69, 9.17) is 18.6 Å². The van der Waals surface area contributed by atoms with Crippen LogP contribution in [-0.2, 0) is 9.47 Å². The molecule has 2 aromatic heterocycles. The summed E-state index contributed by atoms with van der Waals surface area (Å²) in [7, 11) is 0. The zero-order valence-electron chi connectivity index (χ0n) is 20.0. The first-order valence-corrected chi connectivity index (χ1v) is 12.5. The molecule has 0 aliphatic heterocycles. The van der Waals surface area contributed by atoms with Crippen LogP contribution in [0.2, 0.25) is 0 Å². The molecule has 2 aromatic carbocycles. The Morgan fingerprint density at radius 1 is 0.972 bits per heavy atom. The van der Waals surface area contributed by atoms with Crippen LogP contribution in [0.4, 0.5) is 0 Å². The van der Waals surface area contributed by atoms with Gasteiger partial charge in [-0.05, 0) is 42.3 Å². The van der Waals surface area contributed by atoms with E-state index in [1.165, 1.54) is 18.0 Å². The number of fused-ring (bicyclic) bond motifs is 1. The minimum Gasteiger partial charge on any atom is -0.489 e. The molecule has 0 N–H and O–H groups in total. The fourth-order valence-electron chi connectivity index (χ4n) is 3.16. The standard InChI is InChI=1S/C27H26N2O6S/c1-18(2)15-33-26(31)21-9-3-5-11-23(21)32-16-20(34-25(30)19-8-7-13-28-14-19)17-36-27-29-22-10-4-6-12-24(22)35-27/h3-14,18,20H,15-17H2,1-2H3. The maximum atomic E-state index is 12.7. The van der Waals surface area contributed by atoms with Crippen molar-refractivity contribution in [2.24, 2.45) is 5.92 Å². The number of nitrogens with zero attached hydrogens (tertiary/aromatic N) is 2. The van der Waals surface area contributed by atoms with Crippen molar-refractivity contribution >= 4 is 34.8 Å². The Morgan fingerprint density at radius 2 is 1.78 bits per heavy atom. The Labute approximate surface area is 213 Å². The number of ether oxygens (including phenoxy) is 3. The largest absolute Gasteiger partial charge is 0.489 e. The van der Waals surface area contributed by atoms with Gasteiger partial charge >= 0.3 is 11.9 Å². The maximum Gasteiger partial charge on any atom is 0.341 e. The molecule has 8 nitrogen and oxygen atoms in total. The van der Waals surface area contributed by atoms with Crippen molar-refractivity contribution in [3.8, 4) is 5.75 Å². The molecule has 0 aliphatic carbocycles. The van der Waals surface area contributed by atoms with E-state index in [1.807, 2.05) is 38.1 Å². The van der Waals surface area contributed by atoms with Gasteiger partial charge in [-0.3, -0.25) is 4.98 Å². The number of thioether (sulfide) groups is 1. The summed E-state index contributed by atoms with van der Waals surface area (Å²) in [4.78, 5) is 33.7. The van der Waals surface area contributed by atoms with Crippen LogP contribution < -0.4 is 4.74 Å². The van der Waals surface area contributed by atoms with Gasteiger partial charge in [0.25, 0.3) is 5.22 Å². The van der Waals surface area contributed by atoms with Crippen molar-refractivity contribution in [2.45, 2.75) is 25.2 Å². The number of esters is 2. The minimum absolute atomic E-state index is 0.00764. The lowest BCUT2D eigenvalue weighted by Crippen LogP contribution is -2.28. The highest BCUT2D eigenvalue weighted by Crippen LogP contribution is 2.25. The summed E-state index contributed by atoms with van der Waals surface area (Å²) in [5, 5.41) is 0.455. The van der Waals surface area contributed by atoms with Crippen LogP contribution in [0.3, 0.4) is 0 Å². The molecule has 0 fully saturated rings. The molecule has 1 unspecified atom stereocenters. The maximum absolute atomic E-state index is 12.7. The predicted octanol–water partition coefficient (Wildman–Crippen LogP) is 5.43. The first-order chi connectivity index (χ1) is 17.5. The Morgan fingerprint density at radius 3 is 2.56 bits per heavy atom. The molecule has 0 saturated heterocycles. The van der Waals surface area contributed by atoms with Crippen LogP contribution in [0, 0.1) is 5.92 Å². The van der Waals surface area contributed by atoms with Crippen molar-refractivity contribution in [2.75, 3.05) is 19.0 Å². The number of hydrogen-bond donors (Lipinski definition) is 0. The van der Waals surface area contributed by atoms with E-state index in [-0.39, 0.29) is 12.5 Å². The Hall–Kier alpha value is -3.85. The van der Waals surface area contributed by atoms with E-state index in [2.05, 4.69) is 9.97 Å². The van der Waals surface area contributed by atoms with E-state index in [9.17, 15) is 9.59 Å². The molecule has 0 amide bonds. The first kappa shape index (κ1) is 25.2. The van der Waals surface area contributed by atoms with Crippen LogP contribution >= 0.6 is 11.8 Å². The molecule has 0 saturated carbocycles. The monoisotopic (exact) mass is 506 g/mol. The third kappa shape index (κ3) is 6.85. The van der Waals surface area contributed by atoms with Gasteiger partial charge in [-0.1, -0.05) is 49.9 Å². The number of carbonyl (C=O) groups excluding carboxylic acids is 2. The molecule has 36 heavy (non-hydrogen) atoms. The topological polar surface area (TPSA) is 101 Å². The predicted molar refractivity (Wildman–Crippen MR) is 135 cm³/mol. The molecule has 0 bridgehead atoms. The second kappa shape index (κ2) is 12.2. The van der Waals surface area contributed by atoms with Gasteiger partial charge in [0.1, 0.15) is 29.5 Å². The number of oxazole rings is 1. The molecule has 1 atom stereocenters. The van der Waals surface area contributed by atoms with E-state index in [0.29, 0.717) is 40.0 Å². The molecule has 9 heteroatoms. The van der Waals surface area contributed by atoms with E-state index < -0.39 is 18.0 Å². The smallest absolute Gasteiger partial charge is 0.341 e. The lowest BCUT2D eigenvalue weighted by atomic mass is 10.2. The fourth-order valence-corrected chi connectivity index (χ4v) is 3.96. The SMILES string of the molecule is CC(C)COC(=O)c1ccccc1OCC(CSc1nc2ccccc2o1)OC(=O)c1cccnc1. The normalized spacial score (nSPS) is 11.9. The molecule has 4 rings (SSSR count). The van der Waals surface area contributed by atoms with Crippen LogP contribution in [0.5, 0.6) is 5.75 Å². The van der Waals surface area contributed by atoms with Crippen molar-refractivity contribution in [1.29, 1.82) is 0 Å². The second-order valence-corrected chi connectivity index (χ2v) is 9.30. The van der Waals surface area contributed by atoms with E-state index in [0.717, 1.165) is 5.52 Å². The highest BCUT2D eigenvalue weighted by Gasteiger charge is 2.21. The summed E-state index contributed by atoms with van der Waals surface area (Å²) >= 11 is 1.31. The molecule has 0 spiro atoms. The fraction of sp³-hybridized carbons (Fsp3) is 0.259. The second-order valence-electron chi connectivity index (χ2n) is 8.33. The average molecular weight is 507 g/mol. The summed E-state index contributed by atoms with van der Waals surface area (Å²) in [5.74, 6) is -0.120. The Kier molecular flexibility index (Phi) is 8.57. The van der Waals surface area contributed by atoms with E-state index in [1.54, 1.807) is 42.6 Å². The van der Waals surface area contributed by atoms with Gasteiger partial charge < -0.3 is 18.6 Å². The molecule has 0 radical (unpaired) electrons. The van der Waals surface area contributed by atoms with Gasteiger partial charge in [-0.15, -0.1) is 0 Å². The zero-order chi connectivity index (χ0) is 25.3. The number of carbonyl (C=O) groups is 2. The summed E-state index contributed by atoms with van der Waals surface area (Å²) in [6.45, 7) is 4.24. The lowest BCUT2D eigenvalue weighted by molar-refractivity contribution is 0.0233. The van der Waals surface area contributed by atoms with Gasteiger partial charge in [0, 0.05) is 18.1 Å².